The molecule has 42 heavy (non-hydrogen) atoms. The van der Waals surface area contributed by atoms with Crippen molar-refractivity contribution in [1.82, 2.24) is 5.32 Å². The van der Waals surface area contributed by atoms with Crippen LogP contribution in [-0.2, 0) is 16.0 Å². The third-order valence-corrected chi connectivity index (χ3v) is 6.83. The standard InChI is InChI=1S/C31H30BrClN4O5/c1-2-14-36-20-23(18-24(32)21-36)29(38)34-13-16-42-31(40)37(26-10-6-9-25(33)19-26)15-17-41-30(39)35-28-12-5-8-22-7-3-4-11-27(22)28/h3-12,18-21H,2,13-17H2,1H3,(H-,34,35,38,39)/p+1. The van der Waals surface area contributed by atoms with E-state index in [4.69, 9.17) is 21.1 Å². The number of nitrogens with one attached hydrogen (secondary N) is 2. The minimum Gasteiger partial charge on any atom is -0.447 e. The Bertz CT molecular complexity index is 1560. The fourth-order valence-corrected chi connectivity index (χ4v) is 4.97. The minimum atomic E-state index is -0.673. The quantitative estimate of drug-likeness (QED) is 0.141. The smallest absolute Gasteiger partial charge is 0.414 e. The second-order valence-electron chi connectivity index (χ2n) is 9.27. The first-order chi connectivity index (χ1) is 20.3. The number of hydrogen-bond acceptors (Lipinski definition) is 5. The number of aryl methyl sites for hydroxylation is 1. The van der Waals surface area contributed by atoms with E-state index in [9.17, 15) is 14.4 Å². The summed E-state index contributed by atoms with van der Waals surface area (Å²) in [6.45, 7) is 2.80. The number of carbonyl (C=O) groups excluding carboxylic acids is 3. The average Bonchev–Trinajstić information content (AvgIpc) is 2.97. The number of halogens is 2. The molecule has 3 aromatic carbocycles. The summed E-state index contributed by atoms with van der Waals surface area (Å²) >= 11 is 9.58. The Balaban J connectivity index is 1.31. The summed E-state index contributed by atoms with van der Waals surface area (Å²) in [5.41, 5.74) is 1.59. The van der Waals surface area contributed by atoms with E-state index in [2.05, 4.69) is 33.5 Å². The van der Waals surface area contributed by atoms with Crippen molar-refractivity contribution in [2.24, 2.45) is 0 Å². The van der Waals surface area contributed by atoms with Crippen molar-refractivity contribution in [2.75, 3.05) is 36.5 Å². The Morgan fingerprint density at radius 1 is 0.952 bits per heavy atom. The maximum Gasteiger partial charge on any atom is 0.414 e. The molecule has 2 N–H and O–H groups in total. The highest BCUT2D eigenvalue weighted by atomic mass is 79.9. The number of amides is 3. The normalized spacial score (nSPS) is 10.6. The van der Waals surface area contributed by atoms with Crippen LogP contribution in [0.25, 0.3) is 10.8 Å². The molecular formula is C31H31BrClN4O5+. The molecule has 0 fully saturated rings. The van der Waals surface area contributed by atoms with Gasteiger partial charge in [0.2, 0.25) is 0 Å². The Morgan fingerprint density at radius 3 is 2.55 bits per heavy atom. The molecule has 0 radical (unpaired) electrons. The number of carbonyl (C=O) groups is 3. The molecule has 3 amide bonds. The molecule has 1 heterocycles. The van der Waals surface area contributed by atoms with Gasteiger partial charge in [-0.3, -0.25) is 15.0 Å². The lowest BCUT2D eigenvalue weighted by Crippen LogP contribution is -2.38. The van der Waals surface area contributed by atoms with Gasteiger partial charge in [0.15, 0.2) is 12.4 Å². The molecule has 0 bridgehead atoms. The van der Waals surface area contributed by atoms with E-state index in [1.807, 2.05) is 47.2 Å². The van der Waals surface area contributed by atoms with Crippen LogP contribution in [0.3, 0.4) is 0 Å². The van der Waals surface area contributed by atoms with Crippen molar-refractivity contribution in [3.63, 3.8) is 0 Å². The Morgan fingerprint density at radius 2 is 1.74 bits per heavy atom. The van der Waals surface area contributed by atoms with E-state index in [-0.39, 0.29) is 32.2 Å². The first kappa shape index (κ1) is 30.8. The fourth-order valence-electron chi connectivity index (χ4n) is 4.27. The minimum absolute atomic E-state index is 0.0178. The molecule has 1 aromatic heterocycles. The topological polar surface area (TPSA) is 101 Å². The molecule has 0 aliphatic carbocycles. The second kappa shape index (κ2) is 15.2. The number of fused-ring (bicyclic) bond motifs is 1. The predicted molar refractivity (Wildman–Crippen MR) is 166 cm³/mol. The van der Waals surface area contributed by atoms with E-state index in [1.54, 1.807) is 42.6 Å². The van der Waals surface area contributed by atoms with Gasteiger partial charge in [0.25, 0.3) is 5.91 Å². The molecule has 4 aromatic rings. The van der Waals surface area contributed by atoms with Gasteiger partial charge in [-0.05, 0) is 51.6 Å². The summed E-state index contributed by atoms with van der Waals surface area (Å²) in [6.07, 6.45) is 3.28. The van der Waals surface area contributed by atoms with Crippen LogP contribution in [0.1, 0.15) is 23.7 Å². The number of nitrogens with zero attached hydrogens (tertiary/aromatic N) is 2. The van der Waals surface area contributed by atoms with E-state index < -0.39 is 12.2 Å². The van der Waals surface area contributed by atoms with Crippen LogP contribution in [0.15, 0.2) is 89.7 Å². The van der Waals surface area contributed by atoms with Crippen LogP contribution in [0.2, 0.25) is 5.02 Å². The van der Waals surface area contributed by atoms with E-state index >= 15 is 0 Å². The molecule has 11 heteroatoms. The molecule has 218 valence electrons. The summed E-state index contributed by atoms with van der Waals surface area (Å²) in [5, 5.41) is 7.82. The van der Waals surface area contributed by atoms with Gasteiger partial charge in [-0.1, -0.05) is 61.0 Å². The van der Waals surface area contributed by atoms with Gasteiger partial charge >= 0.3 is 12.2 Å². The molecule has 4 rings (SSSR count). The highest BCUT2D eigenvalue weighted by Crippen LogP contribution is 2.23. The Hall–Kier alpha value is -4.15. The summed E-state index contributed by atoms with van der Waals surface area (Å²) in [5.74, 6) is -0.283. The first-order valence-corrected chi connectivity index (χ1v) is 14.6. The highest BCUT2D eigenvalue weighted by Gasteiger charge is 2.19. The number of rotatable bonds is 11. The van der Waals surface area contributed by atoms with Gasteiger partial charge < -0.3 is 14.8 Å². The summed E-state index contributed by atoms with van der Waals surface area (Å²) < 4.78 is 13.5. The van der Waals surface area contributed by atoms with Crippen LogP contribution >= 0.6 is 27.5 Å². The number of aromatic nitrogens is 1. The lowest BCUT2D eigenvalue weighted by molar-refractivity contribution is -0.697. The van der Waals surface area contributed by atoms with E-state index in [0.717, 1.165) is 28.2 Å². The largest absolute Gasteiger partial charge is 0.447 e. The molecule has 0 unspecified atom stereocenters. The molecule has 0 atom stereocenters. The zero-order valence-corrected chi connectivity index (χ0v) is 25.4. The fraction of sp³-hybridized carbons (Fsp3) is 0.226. The van der Waals surface area contributed by atoms with Crippen molar-refractivity contribution < 1.29 is 28.4 Å². The van der Waals surface area contributed by atoms with Crippen LogP contribution in [0, 0.1) is 0 Å². The zero-order valence-electron chi connectivity index (χ0n) is 23.0. The number of anilines is 2. The monoisotopic (exact) mass is 653 g/mol. The van der Waals surface area contributed by atoms with Gasteiger partial charge in [-0.25, -0.2) is 14.2 Å². The number of benzene rings is 3. The molecule has 0 saturated heterocycles. The van der Waals surface area contributed by atoms with Crippen LogP contribution in [-0.4, -0.2) is 44.4 Å². The van der Waals surface area contributed by atoms with Gasteiger partial charge in [0.1, 0.15) is 25.3 Å². The van der Waals surface area contributed by atoms with Crippen molar-refractivity contribution in [3.8, 4) is 0 Å². The van der Waals surface area contributed by atoms with Gasteiger partial charge in [-0.2, -0.15) is 0 Å². The van der Waals surface area contributed by atoms with Crippen LogP contribution < -0.4 is 20.1 Å². The third-order valence-electron chi connectivity index (χ3n) is 6.16. The number of hydrogen-bond donors (Lipinski definition) is 2. The molecular weight excluding hydrogens is 624 g/mol. The maximum atomic E-state index is 13.0. The van der Waals surface area contributed by atoms with Gasteiger partial charge in [0.05, 0.1) is 23.2 Å². The van der Waals surface area contributed by atoms with Crippen molar-refractivity contribution in [1.29, 1.82) is 0 Å². The number of pyridine rings is 1. The van der Waals surface area contributed by atoms with Gasteiger partial charge in [0, 0.05) is 22.5 Å². The molecule has 9 nitrogen and oxygen atoms in total. The first-order valence-electron chi connectivity index (χ1n) is 13.4. The third kappa shape index (κ3) is 8.67. The second-order valence-corrected chi connectivity index (χ2v) is 10.6. The zero-order chi connectivity index (χ0) is 29.9. The lowest BCUT2D eigenvalue weighted by atomic mass is 10.1. The van der Waals surface area contributed by atoms with Crippen molar-refractivity contribution in [3.05, 3.63) is 100 Å². The van der Waals surface area contributed by atoms with E-state index in [0.29, 0.717) is 22.0 Å². The molecule has 0 aliphatic heterocycles. The maximum absolute atomic E-state index is 13.0. The highest BCUT2D eigenvalue weighted by molar-refractivity contribution is 9.10. The molecule has 0 saturated carbocycles. The summed E-state index contributed by atoms with van der Waals surface area (Å²) in [6, 6.07) is 21.7. The number of ether oxygens (including phenoxy) is 2. The molecule has 0 aliphatic rings. The SMILES string of the molecule is CCC[n+]1cc(Br)cc(C(=O)NCCOC(=O)N(CCOC(=O)Nc2cccc3ccccc23)c2cccc(Cl)c2)c1. The van der Waals surface area contributed by atoms with Gasteiger partial charge in [-0.15, -0.1) is 0 Å². The Labute approximate surface area is 257 Å². The van der Waals surface area contributed by atoms with Crippen LogP contribution in [0.5, 0.6) is 0 Å². The molecule has 0 spiro atoms. The van der Waals surface area contributed by atoms with Crippen molar-refractivity contribution in [2.45, 2.75) is 19.9 Å². The summed E-state index contributed by atoms with van der Waals surface area (Å²) in [7, 11) is 0. The predicted octanol–water partition coefficient (Wildman–Crippen LogP) is 6.57. The van der Waals surface area contributed by atoms with Crippen LogP contribution in [0.4, 0.5) is 21.0 Å². The van der Waals surface area contributed by atoms with E-state index in [1.165, 1.54) is 4.90 Å². The average molecular weight is 655 g/mol. The lowest BCUT2D eigenvalue weighted by Gasteiger charge is -2.22. The van der Waals surface area contributed by atoms with Crippen molar-refractivity contribution >= 4 is 67.8 Å². The Kier molecular flexibility index (Phi) is 11.1. The summed E-state index contributed by atoms with van der Waals surface area (Å²) in [4.78, 5) is 39.5.